The second-order valence-electron chi connectivity index (χ2n) is 7.94. The molecule has 0 saturated carbocycles. The van der Waals surface area contributed by atoms with Gasteiger partial charge in [-0.1, -0.05) is 0 Å². The van der Waals surface area contributed by atoms with E-state index in [1.54, 1.807) is 11.3 Å². The predicted molar refractivity (Wildman–Crippen MR) is 116 cm³/mol. The summed E-state index contributed by atoms with van der Waals surface area (Å²) in [5, 5.41) is 4.84. The molecule has 1 saturated heterocycles. The van der Waals surface area contributed by atoms with E-state index >= 15 is 0 Å². The SMILES string of the molecule is Cc1cc(CNC2CCCN(C(C)c3ccc4sc(C)nc4n3)C2)cc(C)n1. The number of aryl methyl sites for hydroxylation is 3. The summed E-state index contributed by atoms with van der Waals surface area (Å²) in [6, 6.07) is 9.52. The maximum atomic E-state index is 4.84. The molecule has 2 atom stereocenters. The Morgan fingerprint density at radius 3 is 2.71 bits per heavy atom. The van der Waals surface area contributed by atoms with E-state index in [4.69, 9.17) is 4.98 Å². The zero-order valence-corrected chi connectivity index (χ0v) is 18.0. The number of thiazole rings is 1. The van der Waals surface area contributed by atoms with Crippen molar-refractivity contribution in [3.63, 3.8) is 0 Å². The molecule has 0 aromatic carbocycles. The van der Waals surface area contributed by atoms with E-state index in [-0.39, 0.29) is 0 Å². The first-order chi connectivity index (χ1) is 13.5. The van der Waals surface area contributed by atoms with E-state index in [2.05, 4.69) is 65.2 Å². The van der Waals surface area contributed by atoms with Gasteiger partial charge in [0.05, 0.1) is 15.4 Å². The van der Waals surface area contributed by atoms with Gasteiger partial charge in [-0.15, -0.1) is 11.3 Å². The fourth-order valence-electron chi connectivity index (χ4n) is 4.17. The lowest BCUT2D eigenvalue weighted by Crippen LogP contribution is -2.46. The van der Waals surface area contributed by atoms with Gasteiger partial charge in [-0.2, -0.15) is 0 Å². The van der Waals surface area contributed by atoms with Gasteiger partial charge in [-0.3, -0.25) is 9.88 Å². The van der Waals surface area contributed by atoms with Crippen LogP contribution in [0.3, 0.4) is 0 Å². The lowest BCUT2D eigenvalue weighted by molar-refractivity contribution is 0.143. The number of fused-ring (bicyclic) bond motifs is 1. The molecule has 6 heteroatoms. The van der Waals surface area contributed by atoms with Gasteiger partial charge in [0.15, 0.2) is 5.65 Å². The summed E-state index contributed by atoms with van der Waals surface area (Å²) in [5.41, 5.74) is 5.52. The minimum absolute atomic E-state index is 0.307. The molecule has 4 rings (SSSR count). The van der Waals surface area contributed by atoms with Crippen LogP contribution in [0.25, 0.3) is 10.3 Å². The number of hydrogen-bond donors (Lipinski definition) is 1. The fraction of sp³-hybridized carbons (Fsp3) is 0.500. The van der Waals surface area contributed by atoms with E-state index in [9.17, 15) is 0 Å². The molecule has 1 N–H and O–H groups in total. The summed E-state index contributed by atoms with van der Waals surface area (Å²) in [4.78, 5) is 16.4. The molecule has 0 aliphatic carbocycles. The Kier molecular flexibility index (Phi) is 5.71. The van der Waals surface area contributed by atoms with E-state index in [1.807, 2.05) is 6.92 Å². The Morgan fingerprint density at radius 2 is 1.93 bits per heavy atom. The second-order valence-corrected chi connectivity index (χ2v) is 9.17. The van der Waals surface area contributed by atoms with E-state index in [0.29, 0.717) is 12.1 Å². The number of likely N-dealkylation sites (tertiary alicyclic amines) is 1. The average molecular weight is 396 g/mol. The highest BCUT2D eigenvalue weighted by atomic mass is 32.1. The van der Waals surface area contributed by atoms with Crippen LogP contribution in [0, 0.1) is 20.8 Å². The molecule has 0 spiro atoms. The molecule has 3 aromatic heterocycles. The van der Waals surface area contributed by atoms with Crippen LogP contribution in [-0.2, 0) is 6.54 Å². The molecule has 5 nitrogen and oxygen atoms in total. The van der Waals surface area contributed by atoms with Gasteiger partial charge in [0.25, 0.3) is 0 Å². The summed E-state index contributed by atoms with van der Waals surface area (Å²) in [5.74, 6) is 0. The highest BCUT2D eigenvalue weighted by Crippen LogP contribution is 2.26. The molecule has 3 aromatic rings. The molecule has 0 amide bonds. The van der Waals surface area contributed by atoms with Crippen LogP contribution in [0.2, 0.25) is 0 Å². The van der Waals surface area contributed by atoms with Gasteiger partial charge in [-0.25, -0.2) is 9.97 Å². The maximum absolute atomic E-state index is 4.84. The molecule has 28 heavy (non-hydrogen) atoms. The van der Waals surface area contributed by atoms with Gasteiger partial charge in [-0.05, 0) is 76.9 Å². The lowest BCUT2D eigenvalue weighted by atomic mass is 10.0. The van der Waals surface area contributed by atoms with Crippen molar-refractivity contribution in [2.45, 2.75) is 59.2 Å². The quantitative estimate of drug-likeness (QED) is 0.697. The zero-order valence-electron chi connectivity index (χ0n) is 17.2. The number of hydrogen-bond acceptors (Lipinski definition) is 6. The first-order valence-corrected chi connectivity index (χ1v) is 11.0. The highest BCUT2D eigenvalue weighted by molar-refractivity contribution is 7.18. The van der Waals surface area contributed by atoms with E-state index in [0.717, 1.165) is 47.4 Å². The third-order valence-corrected chi connectivity index (χ3v) is 6.47. The standard InChI is InChI=1S/C22H29N5S/c1-14-10-18(11-15(2)24-14)12-23-19-6-5-9-27(13-19)16(3)20-7-8-21-22(26-20)25-17(4)28-21/h7-8,10-11,16,19,23H,5-6,9,12-13H2,1-4H3. The van der Waals surface area contributed by atoms with Crippen molar-refractivity contribution in [1.29, 1.82) is 0 Å². The Balaban J connectivity index is 1.40. The third-order valence-electron chi connectivity index (χ3n) is 5.55. The molecule has 2 unspecified atom stereocenters. The Labute approximate surface area is 171 Å². The van der Waals surface area contributed by atoms with Gasteiger partial charge < -0.3 is 5.32 Å². The number of nitrogens with zero attached hydrogens (tertiary/aromatic N) is 4. The van der Waals surface area contributed by atoms with Crippen molar-refractivity contribution in [3.8, 4) is 0 Å². The van der Waals surface area contributed by atoms with Crippen LogP contribution in [0.5, 0.6) is 0 Å². The zero-order chi connectivity index (χ0) is 19.7. The molecule has 148 valence electrons. The van der Waals surface area contributed by atoms with Crippen LogP contribution >= 0.6 is 11.3 Å². The summed E-state index contributed by atoms with van der Waals surface area (Å²) >= 11 is 1.71. The van der Waals surface area contributed by atoms with Crippen molar-refractivity contribution in [3.05, 3.63) is 51.9 Å². The molecular weight excluding hydrogens is 366 g/mol. The van der Waals surface area contributed by atoms with Crippen LogP contribution in [0.1, 0.15) is 53.5 Å². The van der Waals surface area contributed by atoms with Crippen LogP contribution < -0.4 is 5.32 Å². The average Bonchev–Trinajstić information content (AvgIpc) is 3.04. The van der Waals surface area contributed by atoms with Gasteiger partial charge in [0.2, 0.25) is 0 Å². The van der Waals surface area contributed by atoms with Crippen molar-refractivity contribution in [2.24, 2.45) is 0 Å². The minimum atomic E-state index is 0.307. The van der Waals surface area contributed by atoms with Gasteiger partial charge >= 0.3 is 0 Å². The number of nitrogens with one attached hydrogen (secondary N) is 1. The minimum Gasteiger partial charge on any atom is -0.309 e. The van der Waals surface area contributed by atoms with Crippen molar-refractivity contribution in [2.75, 3.05) is 13.1 Å². The Morgan fingerprint density at radius 1 is 1.14 bits per heavy atom. The second kappa shape index (κ2) is 8.23. The normalized spacial score (nSPS) is 19.2. The van der Waals surface area contributed by atoms with Crippen molar-refractivity contribution < 1.29 is 0 Å². The summed E-state index contributed by atoms with van der Waals surface area (Å²) in [6.45, 7) is 11.5. The Hall–Kier alpha value is -1.89. The third kappa shape index (κ3) is 4.40. The predicted octanol–water partition coefficient (Wildman–Crippen LogP) is 4.33. The number of pyridine rings is 2. The van der Waals surface area contributed by atoms with E-state index in [1.165, 1.54) is 23.1 Å². The summed E-state index contributed by atoms with van der Waals surface area (Å²) in [7, 11) is 0. The van der Waals surface area contributed by atoms with Crippen LogP contribution in [0.4, 0.5) is 0 Å². The monoisotopic (exact) mass is 395 g/mol. The summed E-state index contributed by atoms with van der Waals surface area (Å²) < 4.78 is 1.18. The first-order valence-electron chi connectivity index (χ1n) is 10.1. The van der Waals surface area contributed by atoms with Gasteiger partial charge in [0.1, 0.15) is 0 Å². The first kappa shape index (κ1) is 19.4. The smallest absolute Gasteiger partial charge is 0.170 e. The summed E-state index contributed by atoms with van der Waals surface area (Å²) in [6.07, 6.45) is 2.44. The number of piperidine rings is 1. The topological polar surface area (TPSA) is 53.9 Å². The molecule has 1 fully saturated rings. The molecule has 0 radical (unpaired) electrons. The lowest BCUT2D eigenvalue weighted by Gasteiger charge is -2.37. The fourth-order valence-corrected chi connectivity index (χ4v) is 4.94. The maximum Gasteiger partial charge on any atom is 0.170 e. The molecule has 1 aliphatic rings. The van der Waals surface area contributed by atoms with Crippen molar-refractivity contribution in [1.82, 2.24) is 25.2 Å². The number of aromatic nitrogens is 3. The van der Waals surface area contributed by atoms with E-state index < -0.39 is 0 Å². The van der Waals surface area contributed by atoms with Crippen LogP contribution in [0.15, 0.2) is 24.3 Å². The number of rotatable bonds is 5. The van der Waals surface area contributed by atoms with Gasteiger partial charge in [0, 0.05) is 36.6 Å². The van der Waals surface area contributed by atoms with Crippen molar-refractivity contribution >= 4 is 21.7 Å². The van der Waals surface area contributed by atoms with Crippen LogP contribution in [-0.4, -0.2) is 39.0 Å². The molecule has 0 bridgehead atoms. The Bertz CT molecular complexity index is 946. The highest BCUT2D eigenvalue weighted by Gasteiger charge is 2.25. The largest absolute Gasteiger partial charge is 0.309 e. The molecule has 1 aliphatic heterocycles. The molecule has 4 heterocycles. The molecular formula is C22H29N5S.